The van der Waals surface area contributed by atoms with Crippen molar-refractivity contribution in [2.75, 3.05) is 4.90 Å². The Labute approximate surface area is 349 Å². The number of anilines is 3. The molecule has 0 spiro atoms. The summed E-state index contributed by atoms with van der Waals surface area (Å²) in [5, 5.41) is 4.70. The van der Waals surface area contributed by atoms with Crippen LogP contribution >= 0.6 is 0 Å². The molecule has 0 unspecified atom stereocenters. The van der Waals surface area contributed by atoms with Crippen LogP contribution in [-0.4, -0.2) is 0 Å². The average Bonchev–Trinajstić information content (AvgIpc) is 3.72. The molecule has 0 aliphatic carbocycles. The summed E-state index contributed by atoms with van der Waals surface area (Å²) >= 11 is 0. The molecule has 0 amide bonds. The van der Waals surface area contributed by atoms with Gasteiger partial charge in [-0.3, -0.25) is 0 Å². The summed E-state index contributed by atoms with van der Waals surface area (Å²) in [6.45, 7) is 0. The van der Waals surface area contributed by atoms with E-state index in [1.54, 1.807) is 0 Å². The quantitative estimate of drug-likeness (QED) is 0.153. The van der Waals surface area contributed by atoms with Gasteiger partial charge >= 0.3 is 0 Å². The van der Waals surface area contributed by atoms with Crippen molar-refractivity contribution in [3.8, 4) is 55.6 Å². The maximum absolute atomic E-state index is 6.74. The standard InChI is InChI=1S/C58H39NO/c1-3-12-40(13-4-1)43-28-33-50(34-29-43)59(52-37-32-41-14-7-8-17-48(41)39-52)51-35-30-44(31-36-51)42-24-26-45(27-25-42)47-18-9-19-49(38-47)54-21-11-23-56-55-22-10-20-53(57(55)60-58(54)56)46-15-5-2-6-16-46/h1-39H. The van der Waals surface area contributed by atoms with Crippen LogP contribution in [0.5, 0.6) is 0 Å². The summed E-state index contributed by atoms with van der Waals surface area (Å²) in [5.41, 5.74) is 16.7. The Morgan fingerprint density at radius 1 is 0.250 bits per heavy atom. The number of benzene rings is 10. The van der Waals surface area contributed by atoms with Crippen LogP contribution in [0.3, 0.4) is 0 Å². The summed E-state index contributed by atoms with van der Waals surface area (Å²) in [5.74, 6) is 0. The second kappa shape index (κ2) is 15.1. The lowest BCUT2D eigenvalue weighted by molar-refractivity contribution is 0.671. The van der Waals surface area contributed by atoms with Gasteiger partial charge in [-0.25, -0.2) is 0 Å². The fraction of sp³-hybridized carbons (Fsp3) is 0. The van der Waals surface area contributed by atoms with Crippen molar-refractivity contribution in [2.24, 2.45) is 0 Å². The van der Waals surface area contributed by atoms with Gasteiger partial charge < -0.3 is 9.32 Å². The first-order valence-corrected chi connectivity index (χ1v) is 20.5. The third-order valence-corrected chi connectivity index (χ3v) is 11.7. The van der Waals surface area contributed by atoms with Crippen LogP contribution in [0.4, 0.5) is 17.1 Å². The Bertz CT molecular complexity index is 3270. The van der Waals surface area contributed by atoms with Crippen molar-refractivity contribution < 1.29 is 4.42 Å². The molecule has 0 saturated carbocycles. The minimum absolute atomic E-state index is 0.912. The maximum atomic E-state index is 6.74. The zero-order chi connectivity index (χ0) is 39.8. The van der Waals surface area contributed by atoms with Crippen LogP contribution in [0.2, 0.25) is 0 Å². The Balaban J connectivity index is 0.893. The molecule has 11 rings (SSSR count). The van der Waals surface area contributed by atoms with E-state index in [0.717, 1.165) is 66.8 Å². The largest absolute Gasteiger partial charge is 0.455 e. The first-order chi connectivity index (χ1) is 29.7. The van der Waals surface area contributed by atoms with Gasteiger partial charge in [-0.15, -0.1) is 0 Å². The lowest BCUT2D eigenvalue weighted by Crippen LogP contribution is -2.09. The van der Waals surface area contributed by atoms with Crippen LogP contribution in [-0.2, 0) is 0 Å². The molecule has 0 bridgehead atoms. The molecule has 11 aromatic rings. The van der Waals surface area contributed by atoms with E-state index < -0.39 is 0 Å². The predicted molar refractivity (Wildman–Crippen MR) is 253 cm³/mol. The zero-order valence-corrected chi connectivity index (χ0v) is 32.9. The van der Waals surface area contributed by atoms with Crippen molar-refractivity contribution in [3.63, 3.8) is 0 Å². The van der Waals surface area contributed by atoms with Gasteiger partial charge in [0.05, 0.1) is 0 Å². The fourth-order valence-electron chi connectivity index (χ4n) is 8.61. The second-order valence-electron chi connectivity index (χ2n) is 15.3. The summed E-state index contributed by atoms with van der Waals surface area (Å²) in [7, 11) is 0. The highest BCUT2D eigenvalue weighted by atomic mass is 16.3. The topological polar surface area (TPSA) is 16.4 Å². The molecule has 0 saturated heterocycles. The smallest absolute Gasteiger partial charge is 0.143 e. The Morgan fingerprint density at radius 2 is 0.667 bits per heavy atom. The summed E-state index contributed by atoms with van der Waals surface area (Å²) < 4.78 is 6.74. The number of para-hydroxylation sites is 2. The molecule has 2 heteroatoms. The maximum Gasteiger partial charge on any atom is 0.143 e. The average molecular weight is 766 g/mol. The molecule has 60 heavy (non-hydrogen) atoms. The monoisotopic (exact) mass is 765 g/mol. The molecular formula is C58H39NO. The SMILES string of the molecule is c1ccc(-c2ccc(N(c3ccc(-c4ccc(-c5cccc(-c6cccc7c6oc6c(-c8ccccc8)cccc67)c5)cc4)cc3)c3ccc4ccccc4c3)cc2)cc1. The van der Waals surface area contributed by atoms with E-state index in [1.165, 1.54) is 38.6 Å². The number of hydrogen-bond donors (Lipinski definition) is 0. The van der Waals surface area contributed by atoms with Crippen molar-refractivity contribution >= 4 is 49.8 Å². The minimum atomic E-state index is 0.912. The minimum Gasteiger partial charge on any atom is -0.455 e. The highest BCUT2D eigenvalue weighted by molar-refractivity contribution is 6.13. The van der Waals surface area contributed by atoms with E-state index in [1.807, 2.05) is 6.07 Å². The van der Waals surface area contributed by atoms with E-state index in [4.69, 9.17) is 4.42 Å². The van der Waals surface area contributed by atoms with E-state index in [-0.39, 0.29) is 0 Å². The summed E-state index contributed by atoms with van der Waals surface area (Å²) in [4.78, 5) is 2.34. The Kier molecular flexibility index (Phi) is 8.87. The van der Waals surface area contributed by atoms with Crippen LogP contribution < -0.4 is 4.90 Å². The van der Waals surface area contributed by atoms with Gasteiger partial charge in [0.2, 0.25) is 0 Å². The van der Waals surface area contributed by atoms with Gasteiger partial charge in [-0.05, 0) is 97.7 Å². The Morgan fingerprint density at radius 3 is 1.27 bits per heavy atom. The van der Waals surface area contributed by atoms with Crippen LogP contribution in [0.15, 0.2) is 241 Å². The van der Waals surface area contributed by atoms with E-state index in [2.05, 4.69) is 235 Å². The predicted octanol–water partition coefficient (Wildman–Crippen LogP) is 16.5. The molecular weight excluding hydrogens is 727 g/mol. The fourth-order valence-corrected chi connectivity index (χ4v) is 8.61. The highest BCUT2D eigenvalue weighted by Crippen LogP contribution is 2.41. The van der Waals surface area contributed by atoms with E-state index in [0.29, 0.717) is 0 Å². The molecule has 282 valence electrons. The summed E-state index contributed by atoms with van der Waals surface area (Å²) in [6, 6.07) is 84.7. The highest BCUT2D eigenvalue weighted by Gasteiger charge is 2.17. The molecule has 0 aliphatic heterocycles. The normalized spacial score (nSPS) is 11.3. The van der Waals surface area contributed by atoms with Crippen LogP contribution in [0.25, 0.3) is 88.3 Å². The van der Waals surface area contributed by atoms with Gasteiger partial charge in [-0.1, -0.05) is 194 Å². The van der Waals surface area contributed by atoms with Gasteiger partial charge in [0, 0.05) is 39.0 Å². The van der Waals surface area contributed by atoms with Crippen LogP contribution in [0, 0.1) is 0 Å². The lowest BCUT2D eigenvalue weighted by atomic mass is 9.96. The second-order valence-corrected chi connectivity index (χ2v) is 15.3. The van der Waals surface area contributed by atoms with Crippen LogP contribution in [0.1, 0.15) is 0 Å². The zero-order valence-electron chi connectivity index (χ0n) is 32.9. The van der Waals surface area contributed by atoms with Gasteiger partial charge in [0.15, 0.2) is 0 Å². The van der Waals surface area contributed by atoms with E-state index >= 15 is 0 Å². The van der Waals surface area contributed by atoms with Crippen molar-refractivity contribution in [3.05, 3.63) is 237 Å². The van der Waals surface area contributed by atoms with Gasteiger partial charge in [0.25, 0.3) is 0 Å². The number of rotatable bonds is 8. The first-order valence-electron chi connectivity index (χ1n) is 20.5. The molecule has 0 N–H and O–H groups in total. The number of nitrogens with zero attached hydrogens (tertiary/aromatic N) is 1. The molecule has 0 atom stereocenters. The Hall–Kier alpha value is -7.94. The number of furan rings is 1. The third-order valence-electron chi connectivity index (χ3n) is 11.7. The summed E-state index contributed by atoms with van der Waals surface area (Å²) in [6.07, 6.45) is 0. The van der Waals surface area contributed by atoms with Gasteiger partial charge in [-0.2, -0.15) is 0 Å². The van der Waals surface area contributed by atoms with Crippen molar-refractivity contribution in [1.82, 2.24) is 0 Å². The number of hydrogen-bond acceptors (Lipinski definition) is 2. The van der Waals surface area contributed by atoms with E-state index in [9.17, 15) is 0 Å². The molecule has 1 aromatic heterocycles. The van der Waals surface area contributed by atoms with Crippen molar-refractivity contribution in [2.45, 2.75) is 0 Å². The third kappa shape index (κ3) is 6.51. The molecule has 0 radical (unpaired) electrons. The molecule has 0 fully saturated rings. The lowest BCUT2D eigenvalue weighted by Gasteiger charge is -2.26. The molecule has 10 aromatic carbocycles. The molecule has 2 nitrogen and oxygen atoms in total. The number of fused-ring (bicyclic) bond motifs is 4. The van der Waals surface area contributed by atoms with Gasteiger partial charge in [0.1, 0.15) is 11.2 Å². The van der Waals surface area contributed by atoms with Crippen molar-refractivity contribution in [1.29, 1.82) is 0 Å². The molecule has 1 heterocycles. The molecule has 0 aliphatic rings. The first kappa shape index (κ1) is 35.2.